The van der Waals surface area contributed by atoms with Crippen molar-refractivity contribution in [2.75, 3.05) is 6.61 Å². The lowest BCUT2D eigenvalue weighted by Crippen LogP contribution is -2.46. The lowest BCUT2D eigenvalue weighted by molar-refractivity contribution is -0.136. The molecule has 9 heteroatoms. The van der Waals surface area contributed by atoms with E-state index in [0.29, 0.717) is 0 Å². The Labute approximate surface area is 145 Å². The van der Waals surface area contributed by atoms with E-state index < -0.39 is 37.0 Å². The summed E-state index contributed by atoms with van der Waals surface area (Å²) >= 11 is 0. The highest BCUT2D eigenvalue weighted by Crippen LogP contribution is 2.05. The molecule has 4 atom stereocenters. The maximum Gasteiger partial charge on any atom is 0.354 e. The monoisotopic (exact) mass is 359 g/mol. The summed E-state index contributed by atoms with van der Waals surface area (Å²) in [5.41, 5.74) is 1.21. The highest BCUT2D eigenvalue weighted by atomic mass is 16.4. The number of nitrogens with zero attached hydrogens (tertiary/aromatic N) is 1. The van der Waals surface area contributed by atoms with Crippen molar-refractivity contribution in [3.63, 3.8) is 0 Å². The average molecular weight is 359 g/mol. The third-order valence-corrected chi connectivity index (χ3v) is 3.28. The van der Waals surface area contributed by atoms with Gasteiger partial charge in [0, 0.05) is 6.20 Å². The lowest BCUT2D eigenvalue weighted by Gasteiger charge is -2.22. The van der Waals surface area contributed by atoms with E-state index in [0.717, 1.165) is 24.8 Å². The summed E-state index contributed by atoms with van der Waals surface area (Å²) in [7, 11) is 0. The summed E-state index contributed by atoms with van der Waals surface area (Å²) in [5.74, 6) is -0.970. The Balaban J connectivity index is 0.000000463. The number of hydrogen-bond acceptors (Lipinski definition) is 8. The minimum absolute atomic E-state index is 0.0258. The number of carboxylic acids is 1. The summed E-state index contributed by atoms with van der Waals surface area (Å²) in [4.78, 5) is 24.2. The second-order valence-corrected chi connectivity index (χ2v) is 5.32. The Morgan fingerprint density at radius 2 is 1.84 bits per heavy atom. The second kappa shape index (κ2) is 12.5. The number of carboxylic acid groups (broad SMARTS) is 1. The molecular weight excluding hydrogens is 334 g/mol. The number of hydrogen-bond donors (Lipinski definition) is 6. The molecule has 0 bridgehead atoms. The number of pyridine rings is 1. The van der Waals surface area contributed by atoms with Crippen LogP contribution in [0.1, 0.15) is 35.8 Å². The summed E-state index contributed by atoms with van der Waals surface area (Å²) in [6, 6.07) is 3.37. The number of aliphatic hydroxyl groups excluding tert-OH is 5. The first kappa shape index (κ1) is 23.1. The van der Waals surface area contributed by atoms with Crippen LogP contribution in [0.25, 0.3) is 0 Å². The van der Waals surface area contributed by atoms with Gasteiger partial charge in [-0.15, -0.1) is 0 Å². The fraction of sp³-hybridized carbons (Fsp3) is 0.562. The van der Waals surface area contributed by atoms with E-state index >= 15 is 0 Å². The number of aryl methyl sites for hydroxylation is 1. The minimum Gasteiger partial charge on any atom is -0.477 e. The van der Waals surface area contributed by atoms with Crippen LogP contribution < -0.4 is 0 Å². The van der Waals surface area contributed by atoms with E-state index in [4.69, 9.17) is 30.6 Å². The molecule has 142 valence electrons. The average Bonchev–Trinajstić information content (AvgIpc) is 2.64. The van der Waals surface area contributed by atoms with Gasteiger partial charge in [0.1, 0.15) is 30.1 Å². The molecule has 0 aliphatic rings. The van der Waals surface area contributed by atoms with Gasteiger partial charge in [0.05, 0.1) is 6.61 Å². The van der Waals surface area contributed by atoms with Crippen LogP contribution in [0.3, 0.4) is 0 Å². The molecule has 25 heavy (non-hydrogen) atoms. The van der Waals surface area contributed by atoms with Gasteiger partial charge in [0.15, 0.2) is 6.29 Å². The Bertz CT molecular complexity index is 507. The van der Waals surface area contributed by atoms with Crippen molar-refractivity contribution in [3.8, 4) is 0 Å². The van der Waals surface area contributed by atoms with Crippen LogP contribution in [0.5, 0.6) is 0 Å². The van der Waals surface area contributed by atoms with E-state index in [2.05, 4.69) is 11.9 Å². The van der Waals surface area contributed by atoms with Crippen LogP contribution >= 0.6 is 0 Å². The Kier molecular flexibility index (Phi) is 11.5. The molecule has 9 nitrogen and oxygen atoms in total. The SMILES string of the molecule is CCCCc1ccc(C(=O)O)nc1.O=C[C@H](O)[C@@H](O)[C@@H](O)[C@H](O)CO. The lowest BCUT2D eigenvalue weighted by atomic mass is 10.0. The van der Waals surface area contributed by atoms with Crippen LogP contribution in [0, 0.1) is 0 Å². The number of aliphatic hydroxyl groups is 5. The molecule has 0 aromatic carbocycles. The molecule has 0 radical (unpaired) electrons. The normalized spacial score (nSPS) is 15.3. The van der Waals surface area contributed by atoms with Gasteiger partial charge in [-0.3, -0.25) is 0 Å². The summed E-state index contributed by atoms with van der Waals surface area (Å²) < 4.78 is 0. The van der Waals surface area contributed by atoms with Crippen LogP contribution in [0.2, 0.25) is 0 Å². The summed E-state index contributed by atoms with van der Waals surface area (Å²) in [6.07, 6.45) is -1.97. The summed E-state index contributed by atoms with van der Waals surface area (Å²) in [5, 5.41) is 52.1. The largest absolute Gasteiger partial charge is 0.477 e. The zero-order chi connectivity index (χ0) is 19.4. The smallest absolute Gasteiger partial charge is 0.354 e. The maximum absolute atomic E-state index is 10.5. The van der Waals surface area contributed by atoms with Gasteiger partial charge in [-0.25, -0.2) is 9.78 Å². The van der Waals surface area contributed by atoms with Crippen LogP contribution in [-0.4, -0.2) is 78.9 Å². The molecule has 1 aromatic rings. The fourth-order valence-electron chi connectivity index (χ4n) is 1.70. The topological polar surface area (TPSA) is 168 Å². The molecular formula is C16H25NO8. The first-order chi connectivity index (χ1) is 11.8. The predicted octanol–water partition coefficient (Wildman–Crippen LogP) is -1.26. The van der Waals surface area contributed by atoms with E-state index in [1.165, 1.54) is 0 Å². The van der Waals surface area contributed by atoms with Crippen molar-refractivity contribution in [3.05, 3.63) is 29.6 Å². The standard InChI is InChI=1S/C10H13NO2.C6H12O6/c1-2-3-4-8-5-6-9(10(12)13)11-7-8;7-1-3(9)5(11)6(12)4(10)2-8/h5-7H,2-4H2,1H3,(H,12,13);1,3-6,8-12H,2H2/t;3-,4+,5+,6-/m.0/s1. The van der Waals surface area contributed by atoms with Crippen molar-refractivity contribution in [1.82, 2.24) is 4.98 Å². The predicted molar refractivity (Wildman–Crippen MR) is 87.0 cm³/mol. The van der Waals surface area contributed by atoms with Gasteiger partial charge < -0.3 is 35.4 Å². The van der Waals surface area contributed by atoms with Gasteiger partial charge in [-0.05, 0) is 24.5 Å². The van der Waals surface area contributed by atoms with Crippen molar-refractivity contribution in [2.24, 2.45) is 0 Å². The minimum atomic E-state index is -1.79. The molecule has 1 rings (SSSR count). The highest BCUT2D eigenvalue weighted by Gasteiger charge is 2.29. The van der Waals surface area contributed by atoms with Gasteiger partial charge in [0.2, 0.25) is 0 Å². The van der Waals surface area contributed by atoms with E-state index in [-0.39, 0.29) is 12.0 Å². The number of unbranched alkanes of at least 4 members (excludes halogenated alkanes) is 1. The third kappa shape index (κ3) is 8.66. The van der Waals surface area contributed by atoms with Crippen LogP contribution in [0.15, 0.2) is 18.3 Å². The number of rotatable bonds is 9. The molecule has 0 unspecified atom stereocenters. The van der Waals surface area contributed by atoms with Crippen molar-refractivity contribution in [1.29, 1.82) is 0 Å². The third-order valence-electron chi connectivity index (χ3n) is 3.28. The molecule has 1 heterocycles. The Hall–Kier alpha value is -1.91. The zero-order valence-electron chi connectivity index (χ0n) is 13.9. The molecule has 0 saturated carbocycles. The fourth-order valence-corrected chi connectivity index (χ4v) is 1.70. The van der Waals surface area contributed by atoms with E-state index in [9.17, 15) is 9.59 Å². The van der Waals surface area contributed by atoms with Gasteiger partial charge in [-0.2, -0.15) is 0 Å². The number of aldehydes is 1. The van der Waals surface area contributed by atoms with Crippen LogP contribution in [-0.2, 0) is 11.2 Å². The Morgan fingerprint density at radius 1 is 1.20 bits per heavy atom. The molecule has 0 spiro atoms. The number of aromatic nitrogens is 1. The van der Waals surface area contributed by atoms with Gasteiger partial charge >= 0.3 is 5.97 Å². The Morgan fingerprint density at radius 3 is 2.24 bits per heavy atom. The molecule has 0 fully saturated rings. The van der Waals surface area contributed by atoms with E-state index in [1.54, 1.807) is 12.3 Å². The molecule has 6 N–H and O–H groups in total. The molecule has 0 aliphatic carbocycles. The van der Waals surface area contributed by atoms with Crippen molar-refractivity contribution >= 4 is 12.3 Å². The molecule has 1 aromatic heterocycles. The number of carbonyl (C=O) groups is 2. The van der Waals surface area contributed by atoms with Crippen LogP contribution in [0.4, 0.5) is 0 Å². The van der Waals surface area contributed by atoms with Crippen molar-refractivity contribution < 1.29 is 40.2 Å². The first-order valence-electron chi connectivity index (χ1n) is 7.75. The highest BCUT2D eigenvalue weighted by molar-refractivity contribution is 5.85. The molecule has 0 amide bonds. The summed E-state index contributed by atoms with van der Waals surface area (Å²) in [6.45, 7) is 1.36. The molecule has 0 saturated heterocycles. The second-order valence-electron chi connectivity index (χ2n) is 5.32. The quantitative estimate of drug-likeness (QED) is 0.295. The van der Waals surface area contributed by atoms with Crippen molar-refractivity contribution in [2.45, 2.75) is 50.6 Å². The van der Waals surface area contributed by atoms with Gasteiger partial charge in [-0.1, -0.05) is 19.4 Å². The number of aromatic carboxylic acids is 1. The number of carbonyl (C=O) groups excluding carboxylic acids is 1. The molecule has 0 aliphatic heterocycles. The van der Waals surface area contributed by atoms with E-state index in [1.807, 2.05) is 6.07 Å². The first-order valence-corrected chi connectivity index (χ1v) is 7.75. The van der Waals surface area contributed by atoms with Gasteiger partial charge in [0.25, 0.3) is 0 Å². The maximum atomic E-state index is 10.5. The zero-order valence-corrected chi connectivity index (χ0v) is 13.9.